The minimum absolute atomic E-state index is 0.151. The van der Waals surface area contributed by atoms with Crippen molar-refractivity contribution in [3.8, 4) is 0 Å². The molecule has 1 fully saturated rings. The summed E-state index contributed by atoms with van der Waals surface area (Å²) in [5, 5.41) is 2.09. The van der Waals surface area contributed by atoms with Gasteiger partial charge >= 0.3 is 6.03 Å². The number of piperazine rings is 1. The third-order valence-corrected chi connectivity index (χ3v) is 1.71. The van der Waals surface area contributed by atoms with E-state index in [-0.39, 0.29) is 6.54 Å². The molecule has 1 rings (SSSR count). The van der Waals surface area contributed by atoms with Crippen LogP contribution in [0.25, 0.3) is 0 Å². The summed E-state index contributed by atoms with van der Waals surface area (Å²) in [6, 6.07) is -1.43. The minimum atomic E-state index is -0.759. The van der Waals surface area contributed by atoms with Gasteiger partial charge in [-0.15, -0.1) is 0 Å². The number of nitrogens with zero attached hydrogens (tertiary/aromatic N) is 1. The molecule has 1 aliphatic rings. The van der Waals surface area contributed by atoms with Gasteiger partial charge in [0.25, 0.3) is 0 Å². The highest BCUT2D eigenvalue weighted by Gasteiger charge is 2.32. The molecule has 1 heterocycles. The summed E-state index contributed by atoms with van der Waals surface area (Å²) in [5.74, 6) is -0.998. The van der Waals surface area contributed by atoms with Crippen LogP contribution in [-0.2, 0) is 9.59 Å². The van der Waals surface area contributed by atoms with Crippen LogP contribution < -0.4 is 11.1 Å². The Morgan fingerprint density at radius 1 is 1.67 bits per heavy atom. The molecular formula is C6H9N3O3. The average Bonchev–Trinajstić information content (AvgIpc) is 1.96. The molecule has 12 heavy (non-hydrogen) atoms. The maximum absolute atomic E-state index is 10.9. The smallest absolute Gasteiger partial charge is 0.315 e. The summed E-state index contributed by atoms with van der Waals surface area (Å²) < 4.78 is 0. The predicted octanol–water partition coefficient (Wildman–Crippen LogP) is -1.59. The first-order valence-electron chi connectivity index (χ1n) is 3.42. The molecule has 4 amide bonds. The number of nitrogens with two attached hydrogens (primary N) is 1. The number of hydrogen-bond donors (Lipinski definition) is 2. The quantitative estimate of drug-likeness (QED) is 0.430. The Hall–Kier alpha value is -1.59. The lowest BCUT2D eigenvalue weighted by molar-refractivity contribution is -0.137. The van der Waals surface area contributed by atoms with Crippen LogP contribution in [0.5, 0.6) is 0 Å². The summed E-state index contributed by atoms with van der Waals surface area (Å²) in [6.07, 6.45) is 0. The SMILES string of the molecule is CC1C(=O)NC(=O)CN1C(N)=O. The fraction of sp³-hybridized carbons (Fsp3) is 0.500. The molecular weight excluding hydrogens is 162 g/mol. The lowest BCUT2D eigenvalue weighted by atomic mass is 10.2. The van der Waals surface area contributed by atoms with Gasteiger partial charge in [0.2, 0.25) is 11.8 Å². The molecule has 3 N–H and O–H groups in total. The van der Waals surface area contributed by atoms with E-state index >= 15 is 0 Å². The van der Waals surface area contributed by atoms with Gasteiger partial charge < -0.3 is 10.6 Å². The summed E-state index contributed by atoms with van der Waals surface area (Å²) >= 11 is 0. The van der Waals surface area contributed by atoms with Crippen LogP contribution in [-0.4, -0.2) is 35.3 Å². The van der Waals surface area contributed by atoms with E-state index in [2.05, 4.69) is 5.32 Å². The Morgan fingerprint density at radius 2 is 2.25 bits per heavy atom. The van der Waals surface area contributed by atoms with Gasteiger partial charge in [-0.3, -0.25) is 14.9 Å². The monoisotopic (exact) mass is 171 g/mol. The molecule has 0 aromatic rings. The first-order valence-corrected chi connectivity index (χ1v) is 3.42. The van der Waals surface area contributed by atoms with Gasteiger partial charge in [-0.2, -0.15) is 0 Å². The van der Waals surface area contributed by atoms with E-state index in [4.69, 9.17) is 5.73 Å². The fourth-order valence-corrected chi connectivity index (χ4v) is 0.983. The summed E-state index contributed by atoms with van der Waals surface area (Å²) in [7, 11) is 0. The highest BCUT2D eigenvalue weighted by molar-refractivity contribution is 6.03. The molecule has 0 saturated carbocycles. The van der Waals surface area contributed by atoms with Crippen LogP contribution >= 0.6 is 0 Å². The molecule has 1 atom stereocenters. The van der Waals surface area contributed by atoms with E-state index < -0.39 is 23.9 Å². The van der Waals surface area contributed by atoms with E-state index in [9.17, 15) is 14.4 Å². The van der Waals surface area contributed by atoms with Crippen molar-refractivity contribution in [3.05, 3.63) is 0 Å². The first kappa shape index (κ1) is 8.51. The highest BCUT2D eigenvalue weighted by atomic mass is 16.2. The molecule has 1 unspecified atom stereocenters. The van der Waals surface area contributed by atoms with Gasteiger partial charge in [-0.1, -0.05) is 0 Å². The number of rotatable bonds is 0. The topological polar surface area (TPSA) is 92.5 Å². The van der Waals surface area contributed by atoms with E-state index in [0.29, 0.717) is 0 Å². The third kappa shape index (κ3) is 1.36. The Bertz CT molecular complexity index is 250. The number of hydrogen-bond acceptors (Lipinski definition) is 3. The maximum atomic E-state index is 10.9. The van der Waals surface area contributed by atoms with Gasteiger partial charge in [-0.25, -0.2) is 4.79 Å². The largest absolute Gasteiger partial charge is 0.351 e. The second kappa shape index (κ2) is 2.80. The average molecular weight is 171 g/mol. The number of carbonyl (C=O) groups is 3. The second-order valence-corrected chi connectivity index (χ2v) is 2.55. The van der Waals surface area contributed by atoms with E-state index in [1.54, 1.807) is 0 Å². The van der Waals surface area contributed by atoms with Crippen LogP contribution in [0.2, 0.25) is 0 Å². The van der Waals surface area contributed by atoms with Crippen molar-refractivity contribution >= 4 is 17.8 Å². The van der Waals surface area contributed by atoms with Crippen LogP contribution in [0.4, 0.5) is 4.79 Å². The molecule has 66 valence electrons. The van der Waals surface area contributed by atoms with Crippen LogP contribution in [0.1, 0.15) is 6.92 Å². The van der Waals surface area contributed by atoms with Crippen molar-refractivity contribution in [1.82, 2.24) is 10.2 Å². The zero-order valence-corrected chi connectivity index (χ0v) is 6.53. The van der Waals surface area contributed by atoms with Crippen molar-refractivity contribution in [2.45, 2.75) is 13.0 Å². The normalized spacial score (nSPS) is 23.8. The van der Waals surface area contributed by atoms with E-state index in [0.717, 1.165) is 4.90 Å². The molecule has 1 aliphatic heterocycles. The van der Waals surface area contributed by atoms with Gasteiger partial charge in [0.05, 0.1) is 0 Å². The first-order chi connectivity index (χ1) is 5.52. The highest BCUT2D eigenvalue weighted by Crippen LogP contribution is 2.02. The molecule has 0 aromatic heterocycles. The summed E-state index contributed by atoms with van der Waals surface area (Å²) in [6.45, 7) is 1.36. The standard InChI is InChI=1S/C6H9N3O3/c1-3-5(11)8-4(10)2-9(3)6(7)12/h3H,2H2,1H3,(H2,7,12)(H,8,10,11). The van der Waals surface area contributed by atoms with Crippen molar-refractivity contribution in [2.24, 2.45) is 5.73 Å². The minimum Gasteiger partial charge on any atom is -0.351 e. The van der Waals surface area contributed by atoms with Crippen molar-refractivity contribution in [3.63, 3.8) is 0 Å². The van der Waals surface area contributed by atoms with E-state index in [1.807, 2.05) is 0 Å². The number of amides is 4. The molecule has 1 saturated heterocycles. The molecule has 0 bridgehead atoms. The van der Waals surface area contributed by atoms with Crippen molar-refractivity contribution in [1.29, 1.82) is 0 Å². The Morgan fingerprint density at radius 3 is 2.75 bits per heavy atom. The zero-order valence-electron chi connectivity index (χ0n) is 6.53. The lowest BCUT2D eigenvalue weighted by Gasteiger charge is -2.29. The molecule has 0 aromatic carbocycles. The lowest BCUT2D eigenvalue weighted by Crippen LogP contribution is -2.59. The number of nitrogens with one attached hydrogen (secondary N) is 1. The molecule has 6 heteroatoms. The number of carbonyl (C=O) groups excluding carboxylic acids is 3. The van der Waals surface area contributed by atoms with Crippen molar-refractivity contribution < 1.29 is 14.4 Å². The van der Waals surface area contributed by atoms with Crippen LogP contribution in [0.3, 0.4) is 0 Å². The summed E-state index contributed by atoms with van der Waals surface area (Å²) in [4.78, 5) is 33.4. The fourth-order valence-electron chi connectivity index (χ4n) is 0.983. The van der Waals surface area contributed by atoms with Gasteiger partial charge in [0, 0.05) is 0 Å². The molecule has 6 nitrogen and oxygen atoms in total. The molecule has 0 radical (unpaired) electrons. The van der Waals surface area contributed by atoms with Gasteiger partial charge in [0.15, 0.2) is 0 Å². The Labute approximate surface area is 68.7 Å². The predicted molar refractivity (Wildman–Crippen MR) is 38.9 cm³/mol. The number of urea groups is 1. The number of imide groups is 1. The van der Waals surface area contributed by atoms with Crippen LogP contribution in [0.15, 0.2) is 0 Å². The third-order valence-electron chi connectivity index (χ3n) is 1.71. The molecule has 0 aliphatic carbocycles. The zero-order chi connectivity index (χ0) is 9.30. The molecule has 0 spiro atoms. The van der Waals surface area contributed by atoms with Gasteiger partial charge in [0.1, 0.15) is 12.6 Å². The second-order valence-electron chi connectivity index (χ2n) is 2.55. The van der Waals surface area contributed by atoms with Crippen molar-refractivity contribution in [2.75, 3.05) is 6.54 Å². The van der Waals surface area contributed by atoms with E-state index in [1.165, 1.54) is 6.92 Å². The Balaban J connectivity index is 2.79. The van der Waals surface area contributed by atoms with Gasteiger partial charge in [-0.05, 0) is 6.92 Å². The maximum Gasteiger partial charge on any atom is 0.315 e. The van der Waals surface area contributed by atoms with Crippen LogP contribution in [0, 0.1) is 0 Å². The number of primary amides is 1. The summed E-state index contributed by atoms with van der Waals surface area (Å²) in [5.41, 5.74) is 4.94. The Kier molecular flexibility index (Phi) is 1.99.